The molecule has 0 unspecified atom stereocenters. The van der Waals surface area contributed by atoms with Gasteiger partial charge in [-0.1, -0.05) is 6.92 Å². The van der Waals surface area contributed by atoms with E-state index < -0.39 is 0 Å². The average Bonchev–Trinajstić information content (AvgIpc) is 2.85. The number of aromatic nitrogens is 1. The Bertz CT molecular complexity index is 522. The predicted octanol–water partition coefficient (Wildman–Crippen LogP) is 3.63. The van der Waals surface area contributed by atoms with Crippen molar-refractivity contribution in [2.24, 2.45) is 0 Å². The molecule has 0 saturated carbocycles. The van der Waals surface area contributed by atoms with Gasteiger partial charge in [-0.25, -0.2) is 4.98 Å². The Morgan fingerprint density at radius 1 is 1.39 bits per heavy atom. The third-order valence-electron chi connectivity index (χ3n) is 2.79. The molecule has 0 radical (unpaired) electrons. The molecule has 1 N–H and O–H groups in total. The summed E-state index contributed by atoms with van der Waals surface area (Å²) in [6.45, 7) is 5.03. The highest BCUT2D eigenvalue weighted by Crippen LogP contribution is 2.22. The summed E-state index contributed by atoms with van der Waals surface area (Å²) in [7, 11) is 1.69. The number of thiazole rings is 1. The van der Waals surface area contributed by atoms with Gasteiger partial charge >= 0.3 is 0 Å². The van der Waals surface area contributed by atoms with Crippen LogP contribution in [-0.2, 0) is 13.0 Å². The molecule has 0 bridgehead atoms. The Labute approximate surface area is 112 Å². The molecule has 0 saturated heterocycles. The van der Waals surface area contributed by atoms with E-state index in [0.29, 0.717) is 0 Å². The van der Waals surface area contributed by atoms with E-state index in [1.165, 1.54) is 15.4 Å². The summed E-state index contributed by atoms with van der Waals surface area (Å²) >= 11 is 1.77. The minimum Gasteiger partial charge on any atom is -0.497 e. The molecule has 1 aromatic heterocycles. The Balaban J connectivity index is 2.01. The van der Waals surface area contributed by atoms with Crippen molar-refractivity contribution in [3.63, 3.8) is 0 Å². The molecule has 0 spiro atoms. The Morgan fingerprint density at radius 2 is 2.22 bits per heavy atom. The zero-order valence-electron chi connectivity index (χ0n) is 11.0. The molecule has 0 atom stereocenters. The lowest BCUT2D eigenvalue weighted by molar-refractivity contribution is 0.414. The first kappa shape index (κ1) is 12.9. The number of hydrogen-bond acceptors (Lipinski definition) is 4. The topological polar surface area (TPSA) is 34.2 Å². The maximum atomic E-state index is 5.19. The second-order valence-corrected chi connectivity index (χ2v) is 5.31. The fourth-order valence-electron chi connectivity index (χ4n) is 1.74. The van der Waals surface area contributed by atoms with Crippen LogP contribution in [0.4, 0.5) is 5.69 Å². The second kappa shape index (κ2) is 5.87. The van der Waals surface area contributed by atoms with E-state index in [0.717, 1.165) is 24.4 Å². The van der Waals surface area contributed by atoms with Gasteiger partial charge in [-0.15, -0.1) is 11.3 Å². The summed E-state index contributed by atoms with van der Waals surface area (Å²) in [5.41, 5.74) is 2.33. The Kier molecular flexibility index (Phi) is 4.20. The molecular formula is C14H18N2OS. The molecule has 0 amide bonds. The monoisotopic (exact) mass is 262 g/mol. The molecule has 0 aliphatic rings. The van der Waals surface area contributed by atoms with E-state index in [1.807, 2.05) is 18.3 Å². The number of nitrogens with one attached hydrogen (secondary N) is 1. The molecule has 1 heterocycles. The molecule has 0 fully saturated rings. The first-order valence-corrected chi connectivity index (χ1v) is 6.86. The quantitative estimate of drug-likeness (QED) is 0.893. The van der Waals surface area contributed by atoms with E-state index in [-0.39, 0.29) is 0 Å². The first-order valence-electron chi connectivity index (χ1n) is 6.05. The van der Waals surface area contributed by atoms with Gasteiger partial charge in [0.2, 0.25) is 0 Å². The normalized spacial score (nSPS) is 10.4. The SMILES string of the molecule is CCc1ncc(CNc2ccc(OC)cc2C)s1. The van der Waals surface area contributed by atoms with Crippen LogP contribution in [0.1, 0.15) is 22.4 Å². The van der Waals surface area contributed by atoms with Crippen molar-refractivity contribution in [1.29, 1.82) is 0 Å². The molecule has 3 nitrogen and oxygen atoms in total. The zero-order chi connectivity index (χ0) is 13.0. The van der Waals surface area contributed by atoms with Crippen LogP contribution in [-0.4, -0.2) is 12.1 Å². The van der Waals surface area contributed by atoms with Crippen LogP contribution in [0, 0.1) is 6.92 Å². The second-order valence-electron chi connectivity index (χ2n) is 4.11. The first-order chi connectivity index (χ1) is 8.72. The molecular weight excluding hydrogens is 244 g/mol. The van der Waals surface area contributed by atoms with E-state index in [1.54, 1.807) is 18.4 Å². The van der Waals surface area contributed by atoms with E-state index in [9.17, 15) is 0 Å². The predicted molar refractivity (Wildman–Crippen MR) is 76.5 cm³/mol. The summed E-state index contributed by atoms with van der Waals surface area (Å²) < 4.78 is 5.19. The van der Waals surface area contributed by atoms with E-state index >= 15 is 0 Å². The van der Waals surface area contributed by atoms with Gasteiger partial charge in [0.1, 0.15) is 5.75 Å². The number of rotatable bonds is 5. The molecule has 2 aromatic rings. The number of hydrogen-bond donors (Lipinski definition) is 1. The van der Waals surface area contributed by atoms with Crippen molar-refractivity contribution in [3.8, 4) is 5.75 Å². The lowest BCUT2D eigenvalue weighted by atomic mass is 10.2. The third kappa shape index (κ3) is 3.01. The van der Waals surface area contributed by atoms with Crippen LogP contribution < -0.4 is 10.1 Å². The fourth-order valence-corrected chi connectivity index (χ4v) is 2.54. The summed E-state index contributed by atoms with van der Waals surface area (Å²) in [6, 6.07) is 6.06. The number of methoxy groups -OCH3 is 1. The average molecular weight is 262 g/mol. The lowest BCUT2D eigenvalue weighted by Crippen LogP contribution is -1.99. The number of ether oxygens (including phenoxy) is 1. The summed E-state index contributed by atoms with van der Waals surface area (Å²) in [4.78, 5) is 5.62. The highest BCUT2D eigenvalue weighted by atomic mass is 32.1. The van der Waals surface area contributed by atoms with Gasteiger partial charge in [0.25, 0.3) is 0 Å². The molecule has 4 heteroatoms. The Morgan fingerprint density at radius 3 is 2.83 bits per heavy atom. The maximum absolute atomic E-state index is 5.19. The van der Waals surface area contributed by atoms with Crippen LogP contribution in [0.3, 0.4) is 0 Å². The van der Waals surface area contributed by atoms with Gasteiger partial charge in [0, 0.05) is 16.8 Å². The van der Waals surface area contributed by atoms with Crippen LogP contribution in [0.2, 0.25) is 0 Å². The van der Waals surface area contributed by atoms with Crippen molar-refractivity contribution < 1.29 is 4.74 Å². The van der Waals surface area contributed by atoms with Crippen LogP contribution in [0.15, 0.2) is 24.4 Å². The van der Waals surface area contributed by atoms with Crippen LogP contribution in [0.25, 0.3) is 0 Å². The maximum Gasteiger partial charge on any atom is 0.119 e. The highest BCUT2D eigenvalue weighted by molar-refractivity contribution is 7.11. The van der Waals surface area contributed by atoms with E-state index in [4.69, 9.17) is 4.74 Å². The molecule has 96 valence electrons. The lowest BCUT2D eigenvalue weighted by Gasteiger charge is -2.09. The van der Waals surface area contributed by atoms with Crippen molar-refractivity contribution in [1.82, 2.24) is 4.98 Å². The van der Waals surface area contributed by atoms with Crippen molar-refractivity contribution in [2.75, 3.05) is 12.4 Å². The molecule has 18 heavy (non-hydrogen) atoms. The number of nitrogens with zero attached hydrogens (tertiary/aromatic N) is 1. The molecule has 2 rings (SSSR count). The number of aryl methyl sites for hydroxylation is 2. The van der Waals surface area contributed by atoms with Crippen molar-refractivity contribution in [2.45, 2.75) is 26.8 Å². The smallest absolute Gasteiger partial charge is 0.119 e. The summed E-state index contributed by atoms with van der Waals surface area (Å²) in [5.74, 6) is 0.893. The molecule has 1 aromatic carbocycles. The molecule has 0 aliphatic carbocycles. The summed E-state index contributed by atoms with van der Waals surface area (Å²) in [5, 5.41) is 4.63. The van der Waals surface area contributed by atoms with Crippen molar-refractivity contribution >= 4 is 17.0 Å². The zero-order valence-corrected chi connectivity index (χ0v) is 11.8. The summed E-state index contributed by atoms with van der Waals surface area (Å²) in [6.07, 6.45) is 2.96. The van der Waals surface area contributed by atoms with E-state index in [2.05, 4.69) is 30.2 Å². The van der Waals surface area contributed by atoms with Crippen molar-refractivity contribution in [3.05, 3.63) is 39.8 Å². The van der Waals surface area contributed by atoms with Gasteiger partial charge in [-0.3, -0.25) is 0 Å². The third-order valence-corrected chi connectivity index (χ3v) is 3.93. The standard InChI is InChI=1S/C14H18N2OS/c1-4-14-16-9-12(18-14)8-15-13-6-5-11(17-3)7-10(13)2/h5-7,9,15H,4,8H2,1-3H3. The van der Waals surface area contributed by atoms with Gasteiger partial charge in [0.15, 0.2) is 0 Å². The number of benzene rings is 1. The largest absolute Gasteiger partial charge is 0.497 e. The van der Waals surface area contributed by atoms with Crippen LogP contribution in [0.5, 0.6) is 5.75 Å². The van der Waals surface area contributed by atoms with Crippen LogP contribution >= 0.6 is 11.3 Å². The number of anilines is 1. The highest BCUT2D eigenvalue weighted by Gasteiger charge is 2.03. The van der Waals surface area contributed by atoms with Gasteiger partial charge in [-0.2, -0.15) is 0 Å². The molecule has 0 aliphatic heterocycles. The van der Waals surface area contributed by atoms with Gasteiger partial charge in [-0.05, 0) is 37.1 Å². The van der Waals surface area contributed by atoms with Gasteiger partial charge < -0.3 is 10.1 Å². The Hall–Kier alpha value is -1.55. The fraction of sp³-hybridized carbons (Fsp3) is 0.357. The minimum atomic E-state index is 0.824. The minimum absolute atomic E-state index is 0.824. The van der Waals surface area contributed by atoms with Gasteiger partial charge in [0.05, 0.1) is 18.7 Å².